The molecule has 3 N–H and O–H groups in total. The van der Waals surface area contributed by atoms with E-state index in [1.54, 1.807) is 26.1 Å². The van der Waals surface area contributed by atoms with E-state index in [0.29, 0.717) is 10.1 Å². The highest BCUT2D eigenvalue weighted by Gasteiger charge is 2.11. The predicted molar refractivity (Wildman–Crippen MR) is 67.0 cm³/mol. The van der Waals surface area contributed by atoms with E-state index >= 15 is 0 Å². The van der Waals surface area contributed by atoms with Gasteiger partial charge in [-0.2, -0.15) is 0 Å². The standard InChI is InChI=1S/C11H13FN4OS/c1-6(13)7-3-4-9(8(12)5-7)18-11-15-14-10(17)16(11)2/h3-6H,13H2,1-2H3,(H,14,17). The predicted octanol–water partition coefficient (Wildman–Crippen LogP) is 1.42. The number of hydrogen-bond acceptors (Lipinski definition) is 4. The van der Waals surface area contributed by atoms with Crippen molar-refractivity contribution in [3.8, 4) is 0 Å². The molecule has 0 aliphatic heterocycles. The molecule has 0 amide bonds. The maximum Gasteiger partial charge on any atom is 0.343 e. The summed E-state index contributed by atoms with van der Waals surface area (Å²) in [6.45, 7) is 1.79. The molecule has 0 spiro atoms. The van der Waals surface area contributed by atoms with E-state index in [1.165, 1.54) is 10.6 Å². The summed E-state index contributed by atoms with van der Waals surface area (Å²) in [5.74, 6) is -0.370. The van der Waals surface area contributed by atoms with Crippen molar-refractivity contribution in [2.45, 2.75) is 23.0 Å². The monoisotopic (exact) mass is 268 g/mol. The fourth-order valence-electron chi connectivity index (χ4n) is 1.41. The molecule has 1 aromatic heterocycles. The molecular formula is C11H13FN4OS. The minimum atomic E-state index is -0.370. The average molecular weight is 268 g/mol. The highest BCUT2D eigenvalue weighted by molar-refractivity contribution is 7.99. The van der Waals surface area contributed by atoms with Crippen LogP contribution in [0.3, 0.4) is 0 Å². The number of nitrogens with one attached hydrogen (secondary N) is 1. The Bertz CT molecular complexity index is 620. The van der Waals surface area contributed by atoms with Crippen molar-refractivity contribution in [1.82, 2.24) is 14.8 Å². The van der Waals surface area contributed by atoms with Crippen LogP contribution in [0.25, 0.3) is 0 Å². The summed E-state index contributed by atoms with van der Waals surface area (Å²) in [4.78, 5) is 11.6. The Morgan fingerprint density at radius 1 is 1.56 bits per heavy atom. The average Bonchev–Trinajstić information content (AvgIpc) is 2.63. The van der Waals surface area contributed by atoms with Crippen molar-refractivity contribution in [1.29, 1.82) is 0 Å². The van der Waals surface area contributed by atoms with Crippen molar-refractivity contribution in [2.24, 2.45) is 12.8 Å². The second-order valence-corrected chi connectivity index (χ2v) is 4.96. The van der Waals surface area contributed by atoms with E-state index in [2.05, 4.69) is 10.2 Å². The van der Waals surface area contributed by atoms with Crippen LogP contribution in [0.15, 0.2) is 33.0 Å². The molecule has 0 saturated heterocycles. The van der Waals surface area contributed by atoms with E-state index in [4.69, 9.17) is 5.73 Å². The molecule has 2 aromatic rings. The van der Waals surface area contributed by atoms with Crippen LogP contribution < -0.4 is 11.4 Å². The zero-order valence-corrected chi connectivity index (χ0v) is 10.8. The zero-order chi connectivity index (χ0) is 13.3. The number of aromatic amines is 1. The maximum absolute atomic E-state index is 13.8. The van der Waals surface area contributed by atoms with Crippen molar-refractivity contribution in [2.75, 3.05) is 0 Å². The molecule has 2 rings (SSSR count). The Hall–Kier alpha value is -1.60. The van der Waals surface area contributed by atoms with Gasteiger partial charge in [0.2, 0.25) is 0 Å². The van der Waals surface area contributed by atoms with Gasteiger partial charge in [0.05, 0.1) is 4.90 Å². The van der Waals surface area contributed by atoms with Crippen LogP contribution in [-0.2, 0) is 7.05 Å². The fraction of sp³-hybridized carbons (Fsp3) is 0.273. The van der Waals surface area contributed by atoms with Gasteiger partial charge in [-0.15, -0.1) is 5.10 Å². The molecule has 0 bridgehead atoms. The number of benzene rings is 1. The van der Waals surface area contributed by atoms with Crippen LogP contribution in [0.1, 0.15) is 18.5 Å². The summed E-state index contributed by atoms with van der Waals surface area (Å²) in [5, 5.41) is 6.52. The number of aromatic nitrogens is 3. The first-order valence-corrected chi connectivity index (χ1v) is 6.15. The molecule has 96 valence electrons. The molecule has 0 fully saturated rings. The van der Waals surface area contributed by atoms with Crippen molar-refractivity contribution in [3.63, 3.8) is 0 Å². The first kappa shape index (κ1) is 12.8. The number of nitrogens with zero attached hydrogens (tertiary/aromatic N) is 2. The number of hydrogen-bond donors (Lipinski definition) is 2. The lowest BCUT2D eigenvalue weighted by Gasteiger charge is -2.07. The van der Waals surface area contributed by atoms with Crippen LogP contribution in [0, 0.1) is 5.82 Å². The van der Waals surface area contributed by atoms with E-state index < -0.39 is 0 Å². The maximum atomic E-state index is 13.8. The summed E-state index contributed by atoms with van der Waals surface area (Å²) in [5.41, 5.74) is 6.08. The number of rotatable bonds is 3. The van der Waals surface area contributed by atoms with Crippen molar-refractivity contribution >= 4 is 11.8 Å². The first-order chi connectivity index (χ1) is 8.49. The summed E-state index contributed by atoms with van der Waals surface area (Å²) in [6.07, 6.45) is 0. The van der Waals surface area contributed by atoms with Gasteiger partial charge in [-0.05, 0) is 36.4 Å². The van der Waals surface area contributed by atoms with Crippen LogP contribution in [0.5, 0.6) is 0 Å². The highest BCUT2D eigenvalue weighted by atomic mass is 32.2. The molecule has 0 radical (unpaired) electrons. The Morgan fingerprint density at radius 2 is 2.28 bits per heavy atom. The first-order valence-electron chi connectivity index (χ1n) is 5.33. The lowest BCUT2D eigenvalue weighted by molar-refractivity contribution is 0.596. The van der Waals surface area contributed by atoms with Gasteiger partial charge >= 0.3 is 5.69 Å². The second-order valence-electron chi connectivity index (χ2n) is 3.95. The van der Waals surface area contributed by atoms with Crippen LogP contribution in [0.2, 0.25) is 0 Å². The smallest absolute Gasteiger partial charge is 0.324 e. The topological polar surface area (TPSA) is 76.7 Å². The molecule has 0 aliphatic rings. The quantitative estimate of drug-likeness (QED) is 0.882. The van der Waals surface area contributed by atoms with E-state index in [9.17, 15) is 9.18 Å². The van der Waals surface area contributed by atoms with Gasteiger partial charge in [0.1, 0.15) is 5.82 Å². The van der Waals surface area contributed by atoms with E-state index in [1.807, 2.05) is 0 Å². The molecule has 1 unspecified atom stereocenters. The van der Waals surface area contributed by atoms with Gasteiger partial charge < -0.3 is 5.73 Å². The fourth-order valence-corrected chi connectivity index (χ4v) is 2.21. The van der Waals surface area contributed by atoms with Gasteiger partial charge in [0, 0.05) is 13.1 Å². The molecule has 18 heavy (non-hydrogen) atoms. The van der Waals surface area contributed by atoms with Gasteiger partial charge in [-0.25, -0.2) is 14.3 Å². The molecule has 0 aliphatic carbocycles. The van der Waals surface area contributed by atoms with E-state index in [0.717, 1.165) is 17.3 Å². The molecule has 1 atom stereocenters. The van der Waals surface area contributed by atoms with Gasteiger partial charge in [0.15, 0.2) is 5.16 Å². The van der Waals surface area contributed by atoms with Crippen LogP contribution in [0.4, 0.5) is 4.39 Å². The largest absolute Gasteiger partial charge is 0.343 e. The normalized spacial score (nSPS) is 12.7. The molecule has 0 saturated carbocycles. The third-order valence-electron chi connectivity index (χ3n) is 2.52. The number of H-pyrrole nitrogens is 1. The number of nitrogens with two attached hydrogens (primary N) is 1. The third-order valence-corrected chi connectivity index (χ3v) is 3.62. The minimum absolute atomic E-state index is 0.215. The number of halogens is 1. The second kappa shape index (κ2) is 4.95. The van der Waals surface area contributed by atoms with Crippen LogP contribution in [-0.4, -0.2) is 14.8 Å². The summed E-state index contributed by atoms with van der Waals surface area (Å²) >= 11 is 1.09. The summed E-state index contributed by atoms with van der Waals surface area (Å²) < 4.78 is 15.2. The molecule has 1 aromatic carbocycles. The highest BCUT2D eigenvalue weighted by Crippen LogP contribution is 2.28. The Morgan fingerprint density at radius 3 is 2.78 bits per heavy atom. The SMILES string of the molecule is CC(N)c1ccc(Sc2n[nH]c(=O)n2C)c(F)c1. The van der Waals surface area contributed by atoms with Gasteiger partial charge in [0.25, 0.3) is 0 Å². The van der Waals surface area contributed by atoms with E-state index in [-0.39, 0.29) is 17.5 Å². The van der Waals surface area contributed by atoms with Crippen molar-refractivity contribution in [3.05, 3.63) is 40.1 Å². The summed E-state index contributed by atoms with van der Waals surface area (Å²) in [7, 11) is 1.57. The summed E-state index contributed by atoms with van der Waals surface area (Å²) in [6, 6.07) is 4.59. The van der Waals surface area contributed by atoms with Gasteiger partial charge in [-0.3, -0.25) is 4.57 Å². The Balaban J connectivity index is 2.30. The molecule has 7 heteroatoms. The Labute approximate surface area is 107 Å². The minimum Gasteiger partial charge on any atom is -0.324 e. The lowest BCUT2D eigenvalue weighted by atomic mass is 10.1. The molecule has 5 nitrogen and oxygen atoms in total. The van der Waals surface area contributed by atoms with Gasteiger partial charge in [-0.1, -0.05) is 6.07 Å². The molecular weight excluding hydrogens is 255 g/mol. The van der Waals surface area contributed by atoms with Crippen LogP contribution >= 0.6 is 11.8 Å². The Kier molecular flexibility index (Phi) is 3.53. The zero-order valence-electron chi connectivity index (χ0n) is 9.98. The molecule has 1 heterocycles. The van der Waals surface area contributed by atoms with Crippen molar-refractivity contribution < 1.29 is 4.39 Å². The third kappa shape index (κ3) is 2.46. The lowest BCUT2D eigenvalue weighted by Crippen LogP contribution is -2.12.